The average Bonchev–Trinajstić information content (AvgIpc) is 2.36. The molecular weight excluding hydrogens is 322 g/mol. The molecule has 1 nitrogen and oxygen atoms in total. The summed E-state index contributed by atoms with van der Waals surface area (Å²) in [6.45, 7) is 3.07. The van der Waals surface area contributed by atoms with Crippen molar-refractivity contribution in [3.63, 3.8) is 0 Å². The van der Waals surface area contributed by atoms with E-state index in [-0.39, 0.29) is 0 Å². The molecule has 0 heterocycles. The molecule has 2 rings (SSSR count). The molecule has 0 fully saturated rings. The molecule has 0 aliphatic rings. The van der Waals surface area contributed by atoms with Crippen molar-refractivity contribution in [2.75, 3.05) is 0 Å². The Morgan fingerprint density at radius 2 is 1.84 bits per heavy atom. The van der Waals surface area contributed by atoms with Crippen LogP contribution in [0.5, 0.6) is 0 Å². The Morgan fingerprint density at radius 3 is 2.58 bits per heavy atom. The number of benzene rings is 2. The van der Waals surface area contributed by atoms with Crippen molar-refractivity contribution >= 4 is 27.5 Å². The summed E-state index contributed by atoms with van der Waals surface area (Å²) in [7, 11) is 0. The third-order valence-corrected chi connectivity index (χ3v) is 3.70. The normalized spacial score (nSPS) is 12.4. The van der Waals surface area contributed by atoms with Crippen LogP contribution in [0, 0.1) is 0 Å². The highest BCUT2D eigenvalue weighted by atomic mass is 79.9. The van der Waals surface area contributed by atoms with Gasteiger partial charge in [0.05, 0.1) is 0 Å². The molecule has 0 saturated heterocycles. The van der Waals surface area contributed by atoms with Crippen LogP contribution in [0.4, 0.5) is 0 Å². The minimum Gasteiger partial charge on any atom is -0.310 e. The highest BCUT2D eigenvalue weighted by Gasteiger charge is 2.04. The van der Waals surface area contributed by atoms with Crippen LogP contribution in [-0.2, 0) is 13.0 Å². The van der Waals surface area contributed by atoms with Crippen LogP contribution in [0.3, 0.4) is 0 Å². The fourth-order valence-corrected chi connectivity index (χ4v) is 2.69. The van der Waals surface area contributed by atoms with E-state index in [2.05, 4.69) is 52.4 Å². The fraction of sp³-hybridized carbons (Fsp3) is 0.250. The first-order chi connectivity index (χ1) is 9.13. The van der Waals surface area contributed by atoms with Gasteiger partial charge in [0.1, 0.15) is 0 Å². The van der Waals surface area contributed by atoms with Gasteiger partial charge in [-0.15, -0.1) is 0 Å². The average molecular weight is 339 g/mol. The maximum Gasteiger partial charge on any atom is 0.0408 e. The van der Waals surface area contributed by atoms with Crippen LogP contribution in [0.2, 0.25) is 5.02 Å². The lowest BCUT2D eigenvalue weighted by molar-refractivity contribution is 0.545. The predicted octanol–water partition coefficient (Wildman–Crippen LogP) is 4.82. The summed E-state index contributed by atoms with van der Waals surface area (Å²) in [4.78, 5) is 0. The summed E-state index contributed by atoms with van der Waals surface area (Å²) >= 11 is 9.48. The molecule has 0 aliphatic heterocycles. The van der Waals surface area contributed by atoms with E-state index in [4.69, 9.17) is 11.6 Å². The third-order valence-electron chi connectivity index (χ3n) is 2.97. The summed E-state index contributed by atoms with van der Waals surface area (Å²) < 4.78 is 1.12. The zero-order valence-electron chi connectivity index (χ0n) is 10.9. The molecule has 2 aromatic carbocycles. The smallest absolute Gasteiger partial charge is 0.0408 e. The molecule has 2 aromatic rings. The van der Waals surface area contributed by atoms with Gasteiger partial charge in [-0.1, -0.05) is 51.8 Å². The molecule has 0 spiro atoms. The Hall–Kier alpha value is -0.830. The standard InChI is InChI=1S/C16H17BrClN/c1-12(8-13-4-3-7-16(18)10-13)19-11-14-5-2-6-15(17)9-14/h2-7,9-10,12,19H,8,11H2,1H3. The number of nitrogens with one attached hydrogen (secondary N) is 1. The zero-order chi connectivity index (χ0) is 13.7. The fourth-order valence-electron chi connectivity index (χ4n) is 2.03. The lowest BCUT2D eigenvalue weighted by Crippen LogP contribution is -2.27. The summed E-state index contributed by atoms with van der Waals surface area (Å²) in [6, 6.07) is 16.8. The van der Waals surface area contributed by atoms with E-state index in [9.17, 15) is 0 Å². The van der Waals surface area contributed by atoms with Gasteiger partial charge in [0.2, 0.25) is 0 Å². The highest BCUT2D eigenvalue weighted by Crippen LogP contribution is 2.13. The van der Waals surface area contributed by atoms with Crippen molar-refractivity contribution in [1.29, 1.82) is 0 Å². The zero-order valence-corrected chi connectivity index (χ0v) is 13.2. The van der Waals surface area contributed by atoms with Crippen LogP contribution in [0.25, 0.3) is 0 Å². The Kier molecular flexibility index (Phi) is 5.44. The van der Waals surface area contributed by atoms with Crippen molar-refractivity contribution in [3.8, 4) is 0 Å². The van der Waals surface area contributed by atoms with E-state index in [1.807, 2.05) is 24.3 Å². The summed E-state index contributed by atoms with van der Waals surface area (Å²) in [5.74, 6) is 0. The van der Waals surface area contributed by atoms with Gasteiger partial charge in [0.25, 0.3) is 0 Å². The lowest BCUT2D eigenvalue weighted by atomic mass is 10.1. The van der Waals surface area contributed by atoms with Crippen LogP contribution in [0.1, 0.15) is 18.1 Å². The first-order valence-corrected chi connectivity index (χ1v) is 7.53. The number of hydrogen-bond acceptors (Lipinski definition) is 1. The van der Waals surface area contributed by atoms with E-state index < -0.39 is 0 Å². The largest absolute Gasteiger partial charge is 0.310 e. The molecule has 1 atom stereocenters. The monoisotopic (exact) mass is 337 g/mol. The topological polar surface area (TPSA) is 12.0 Å². The van der Waals surface area contributed by atoms with Crippen LogP contribution < -0.4 is 5.32 Å². The Labute approximate surface area is 128 Å². The van der Waals surface area contributed by atoms with Crippen molar-refractivity contribution in [2.24, 2.45) is 0 Å². The van der Waals surface area contributed by atoms with Crippen molar-refractivity contribution in [3.05, 3.63) is 69.2 Å². The highest BCUT2D eigenvalue weighted by molar-refractivity contribution is 9.10. The first-order valence-electron chi connectivity index (χ1n) is 6.36. The molecule has 0 amide bonds. The molecule has 1 N–H and O–H groups in total. The molecule has 0 aliphatic carbocycles. The molecule has 0 saturated carbocycles. The second kappa shape index (κ2) is 7.09. The van der Waals surface area contributed by atoms with E-state index in [0.29, 0.717) is 6.04 Å². The minimum absolute atomic E-state index is 0.414. The molecule has 3 heteroatoms. The van der Waals surface area contributed by atoms with Gasteiger partial charge in [-0.2, -0.15) is 0 Å². The second-order valence-corrected chi connectivity index (χ2v) is 6.10. The molecule has 19 heavy (non-hydrogen) atoms. The van der Waals surface area contributed by atoms with E-state index in [1.165, 1.54) is 11.1 Å². The molecule has 1 unspecified atom stereocenters. The Bertz CT molecular complexity index is 542. The predicted molar refractivity (Wildman–Crippen MR) is 85.6 cm³/mol. The van der Waals surface area contributed by atoms with E-state index >= 15 is 0 Å². The van der Waals surface area contributed by atoms with Crippen LogP contribution in [0.15, 0.2) is 53.0 Å². The van der Waals surface area contributed by atoms with E-state index in [0.717, 1.165) is 22.5 Å². The molecular formula is C16H17BrClN. The molecule has 100 valence electrons. The summed E-state index contributed by atoms with van der Waals surface area (Å²) in [5, 5.41) is 4.33. The van der Waals surface area contributed by atoms with Gasteiger partial charge < -0.3 is 5.32 Å². The van der Waals surface area contributed by atoms with Gasteiger partial charge in [-0.25, -0.2) is 0 Å². The second-order valence-electron chi connectivity index (χ2n) is 4.75. The lowest BCUT2D eigenvalue weighted by Gasteiger charge is -2.14. The van der Waals surface area contributed by atoms with Crippen molar-refractivity contribution < 1.29 is 0 Å². The number of hydrogen-bond donors (Lipinski definition) is 1. The number of rotatable bonds is 5. The first kappa shape index (κ1) is 14.6. The maximum atomic E-state index is 5.99. The SMILES string of the molecule is CC(Cc1cccc(Cl)c1)NCc1cccc(Br)c1. The molecule has 0 radical (unpaired) electrons. The van der Waals surface area contributed by atoms with Gasteiger partial charge in [-0.3, -0.25) is 0 Å². The van der Waals surface area contributed by atoms with Crippen molar-refractivity contribution in [1.82, 2.24) is 5.32 Å². The van der Waals surface area contributed by atoms with Gasteiger partial charge in [0.15, 0.2) is 0 Å². The Morgan fingerprint density at radius 1 is 1.11 bits per heavy atom. The number of halogens is 2. The van der Waals surface area contributed by atoms with E-state index in [1.54, 1.807) is 0 Å². The van der Waals surface area contributed by atoms with Gasteiger partial charge >= 0.3 is 0 Å². The van der Waals surface area contributed by atoms with Crippen LogP contribution >= 0.6 is 27.5 Å². The van der Waals surface area contributed by atoms with Crippen LogP contribution in [-0.4, -0.2) is 6.04 Å². The minimum atomic E-state index is 0.414. The molecule has 0 bridgehead atoms. The van der Waals surface area contributed by atoms with Gasteiger partial charge in [-0.05, 0) is 48.7 Å². The maximum absolute atomic E-state index is 5.99. The van der Waals surface area contributed by atoms with Gasteiger partial charge in [0, 0.05) is 22.1 Å². The quantitative estimate of drug-likeness (QED) is 0.824. The van der Waals surface area contributed by atoms with Crippen molar-refractivity contribution in [2.45, 2.75) is 25.9 Å². The Balaban J connectivity index is 1.86. The summed E-state index contributed by atoms with van der Waals surface area (Å²) in [5.41, 5.74) is 2.55. The third kappa shape index (κ3) is 4.98. The molecule has 0 aromatic heterocycles. The summed E-state index contributed by atoms with van der Waals surface area (Å²) in [6.07, 6.45) is 0.981.